The second-order valence-electron chi connectivity index (χ2n) is 8.89. The topological polar surface area (TPSA) is 68.4 Å². The number of carbonyl (C=O) groups is 1. The number of amides is 1. The molecule has 7 heteroatoms. The molecule has 2 aromatic rings. The molecule has 3 rings (SSSR count). The van der Waals surface area contributed by atoms with Crippen molar-refractivity contribution in [1.29, 1.82) is 0 Å². The zero-order valence-corrected chi connectivity index (χ0v) is 20.5. The zero-order chi connectivity index (χ0) is 22.7. The van der Waals surface area contributed by atoms with Crippen molar-refractivity contribution in [3.8, 4) is 0 Å². The molecule has 0 aliphatic heterocycles. The maximum atomic E-state index is 12.9. The van der Waals surface area contributed by atoms with Gasteiger partial charge in [0.05, 0.1) is 10.6 Å². The lowest BCUT2D eigenvalue weighted by atomic mass is 9.89. The summed E-state index contributed by atoms with van der Waals surface area (Å²) < 4.78 is 0. The smallest absolute Gasteiger partial charge is 0.252 e. The Morgan fingerprint density at radius 2 is 1.81 bits per heavy atom. The van der Waals surface area contributed by atoms with Crippen molar-refractivity contribution in [2.75, 3.05) is 25.5 Å². The van der Waals surface area contributed by atoms with Crippen molar-refractivity contribution >= 4 is 22.2 Å². The fourth-order valence-corrected chi connectivity index (χ4v) is 5.94. The molecule has 2 N–H and O–H groups in total. The fourth-order valence-electron chi connectivity index (χ4n) is 4.73. The molecule has 31 heavy (non-hydrogen) atoms. The van der Waals surface area contributed by atoms with E-state index >= 15 is 0 Å². The lowest BCUT2D eigenvalue weighted by Gasteiger charge is -2.39. The highest BCUT2D eigenvalue weighted by Gasteiger charge is 2.28. The van der Waals surface area contributed by atoms with E-state index in [-0.39, 0.29) is 17.9 Å². The molecule has 1 aliphatic carbocycles. The summed E-state index contributed by atoms with van der Waals surface area (Å²) in [4.78, 5) is 33.2. The molecule has 6 nitrogen and oxygen atoms in total. The summed E-state index contributed by atoms with van der Waals surface area (Å²) in [5.41, 5.74) is 3.95. The van der Waals surface area contributed by atoms with Gasteiger partial charge in [0.15, 0.2) is 5.43 Å². The number of rotatable bonds is 7. The second kappa shape index (κ2) is 10.0. The SMILES string of the molecule is CCN(c1scc(C(=O)NCc2c(C)[nH]c(C)cc2=O)c1C)[C@H]1CC[C@H](N(C)C)CC1. The van der Waals surface area contributed by atoms with E-state index in [4.69, 9.17) is 0 Å². The van der Waals surface area contributed by atoms with Gasteiger partial charge in [-0.1, -0.05) is 0 Å². The van der Waals surface area contributed by atoms with Gasteiger partial charge < -0.3 is 20.1 Å². The fraction of sp³-hybridized carbons (Fsp3) is 0.583. The Balaban J connectivity index is 1.70. The van der Waals surface area contributed by atoms with Crippen LogP contribution in [-0.2, 0) is 6.54 Å². The third-order valence-electron chi connectivity index (χ3n) is 6.60. The summed E-state index contributed by atoms with van der Waals surface area (Å²) in [6, 6.07) is 2.78. The Bertz CT molecular complexity index is 970. The molecule has 0 spiro atoms. The van der Waals surface area contributed by atoms with Gasteiger partial charge in [-0.25, -0.2) is 0 Å². The lowest BCUT2D eigenvalue weighted by Crippen LogP contribution is -2.42. The van der Waals surface area contributed by atoms with Gasteiger partial charge in [0.1, 0.15) is 0 Å². The molecule has 0 radical (unpaired) electrons. The second-order valence-corrected chi connectivity index (χ2v) is 9.75. The van der Waals surface area contributed by atoms with Gasteiger partial charge >= 0.3 is 0 Å². The predicted molar refractivity (Wildman–Crippen MR) is 130 cm³/mol. The van der Waals surface area contributed by atoms with Crippen LogP contribution in [0.5, 0.6) is 0 Å². The highest BCUT2D eigenvalue weighted by Crippen LogP contribution is 2.36. The summed E-state index contributed by atoms with van der Waals surface area (Å²) in [7, 11) is 4.34. The van der Waals surface area contributed by atoms with Crippen LogP contribution < -0.4 is 15.6 Å². The maximum absolute atomic E-state index is 12.9. The summed E-state index contributed by atoms with van der Waals surface area (Å²) in [5.74, 6) is -0.119. The van der Waals surface area contributed by atoms with Crippen LogP contribution in [0.4, 0.5) is 5.00 Å². The number of anilines is 1. The average Bonchev–Trinajstić information content (AvgIpc) is 3.09. The summed E-state index contributed by atoms with van der Waals surface area (Å²) in [5, 5.41) is 6.11. The van der Waals surface area contributed by atoms with Crippen LogP contribution in [0.2, 0.25) is 0 Å². The molecular formula is C24H36N4O2S. The molecule has 2 heterocycles. The third kappa shape index (κ3) is 5.21. The highest BCUT2D eigenvalue weighted by atomic mass is 32.1. The number of carbonyl (C=O) groups excluding carboxylic acids is 1. The number of aromatic amines is 1. The van der Waals surface area contributed by atoms with E-state index < -0.39 is 0 Å². The summed E-state index contributed by atoms with van der Waals surface area (Å²) in [6.45, 7) is 9.14. The van der Waals surface area contributed by atoms with Crippen LogP contribution in [0.3, 0.4) is 0 Å². The minimum Gasteiger partial charge on any atom is -0.362 e. The van der Waals surface area contributed by atoms with E-state index in [1.54, 1.807) is 17.4 Å². The highest BCUT2D eigenvalue weighted by molar-refractivity contribution is 7.14. The Morgan fingerprint density at radius 1 is 1.16 bits per heavy atom. The number of nitrogens with one attached hydrogen (secondary N) is 2. The third-order valence-corrected chi connectivity index (χ3v) is 7.72. The first-order valence-electron chi connectivity index (χ1n) is 11.2. The zero-order valence-electron chi connectivity index (χ0n) is 19.7. The molecule has 1 aliphatic rings. The minimum atomic E-state index is -0.119. The average molecular weight is 445 g/mol. The molecule has 2 aromatic heterocycles. The van der Waals surface area contributed by atoms with Crippen LogP contribution >= 0.6 is 11.3 Å². The molecule has 1 saturated carbocycles. The van der Waals surface area contributed by atoms with Crippen molar-refractivity contribution in [3.63, 3.8) is 0 Å². The summed E-state index contributed by atoms with van der Waals surface area (Å²) >= 11 is 1.65. The van der Waals surface area contributed by atoms with Crippen molar-refractivity contribution in [1.82, 2.24) is 15.2 Å². The Morgan fingerprint density at radius 3 is 2.39 bits per heavy atom. The maximum Gasteiger partial charge on any atom is 0.252 e. The molecule has 0 bridgehead atoms. The quantitative estimate of drug-likeness (QED) is 0.678. The van der Waals surface area contributed by atoms with Crippen molar-refractivity contribution in [2.24, 2.45) is 0 Å². The van der Waals surface area contributed by atoms with Crippen molar-refractivity contribution in [3.05, 3.63) is 49.7 Å². The molecular weight excluding hydrogens is 408 g/mol. The minimum absolute atomic E-state index is 0.0396. The van der Waals surface area contributed by atoms with Crippen LogP contribution in [0, 0.1) is 20.8 Å². The van der Waals surface area contributed by atoms with E-state index in [9.17, 15) is 9.59 Å². The number of hydrogen-bond acceptors (Lipinski definition) is 5. The van der Waals surface area contributed by atoms with Crippen LogP contribution in [-0.4, -0.2) is 48.5 Å². The number of pyridine rings is 1. The van der Waals surface area contributed by atoms with Gasteiger partial charge in [0, 0.05) is 53.6 Å². The number of hydrogen-bond donors (Lipinski definition) is 2. The van der Waals surface area contributed by atoms with Crippen molar-refractivity contribution in [2.45, 2.75) is 72.0 Å². The first-order chi connectivity index (χ1) is 14.7. The van der Waals surface area contributed by atoms with Gasteiger partial charge in [0.25, 0.3) is 5.91 Å². The van der Waals surface area contributed by atoms with Gasteiger partial charge in [-0.15, -0.1) is 11.3 Å². The van der Waals surface area contributed by atoms with E-state index in [1.807, 2.05) is 26.2 Å². The predicted octanol–water partition coefficient (Wildman–Crippen LogP) is 3.99. The van der Waals surface area contributed by atoms with Crippen molar-refractivity contribution < 1.29 is 4.79 Å². The van der Waals surface area contributed by atoms with E-state index in [0.29, 0.717) is 23.2 Å². The van der Waals surface area contributed by atoms with Gasteiger partial charge in [0.2, 0.25) is 0 Å². The first kappa shape index (κ1) is 23.5. The largest absolute Gasteiger partial charge is 0.362 e. The molecule has 1 fully saturated rings. The normalized spacial score (nSPS) is 18.9. The molecule has 170 valence electrons. The van der Waals surface area contributed by atoms with E-state index in [0.717, 1.165) is 23.5 Å². The van der Waals surface area contributed by atoms with Crippen LogP contribution in [0.25, 0.3) is 0 Å². The number of aryl methyl sites for hydroxylation is 2. The number of H-pyrrole nitrogens is 1. The Hall–Kier alpha value is -2.12. The van der Waals surface area contributed by atoms with E-state index in [2.05, 4.69) is 41.1 Å². The lowest BCUT2D eigenvalue weighted by molar-refractivity contribution is 0.0950. The standard InChI is InChI=1S/C24H36N4O2S/c1-7-28(19-10-8-18(9-11-19)27(5)6)24-16(3)21(14-31-24)23(30)25-13-20-17(4)26-15(2)12-22(20)29/h12,14,18-19H,7-11,13H2,1-6H3,(H,25,30)(H,26,29)/t18-,19-. The molecule has 0 aromatic carbocycles. The van der Waals surface area contributed by atoms with Crippen LogP contribution in [0.1, 0.15) is 65.5 Å². The van der Waals surface area contributed by atoms with Gasteiger partial charge in [-0.2, -0.15) is 0 Å². The molecule has 0 unspecified atom stereocenters. The molecule has 1 amide bonds. The summed E-state index contributed by atoms with van der Waals surface area (Å²) in [6.07, 6.45) is 4.81. The van der Waals surface area contributed by atoms with E-state index in [1.165, 1.54) is 30.7 Å². The first-order valence-corrected chi connectivity index (χ1v) is 12.1. The molecule has 0 saturated heterocycles. The van der Waals surface area contributed by atoms with Gasteiger partial charge in [-0.05, 0) is 73.0 Å². The number of nitrogens with zero attached hydrogens (tertiary/aromatic N) is 2. The number of thiophene rings is 1. The van der Waals surface area contributed by atoms with Gasteiger partial charge in [-0.3, -0.25) is 9.59 Å². The monoisotopic (exact) mass is 444 g/mol. The number of aromatic nitrogens is 1. The molecule has 0 atom stereocenters. The Kier molecular flexibility index (Phi) is 7.59. The Labute approximate surface area is 189 Å². The van der Waals surface area contributed by atoms with Crippen LogP contribution in [0.15, 0.2) is 16.2 Å².